The van der Waals surface area contributed by atoms with Crippen LogP contribution < -0.4 is 10.2 Å². The Hall–Kier alpha value is -2.54. The number of benzene rings is 1. The number of aromatic nitrogens is 1. The lowest BCUT2D eigenvalue weighted by Crippen LogP contribution is -2.39. The van der Waals surface area contributed by atoms with E-state index in [1.165, 1.54) is 43.9 Å². The molecule has 0 radical (unpaired) electrons. The molecule has 2 amide bonds. The monoisotopic (exact) mass is 494 g/mol. The van der Waals surface area contributed by atoms with E-state index in [4.69, 9.17) is 0 Å². The van der Waals surface area contributed by atoms with Crippen molar-refractivity contribution < 1.29 is 9.59 Å². The van der Waals surface area contributed by atoms with Crippen molar-refractivity contribution in [2.45, 2.75) is 69.4 Å². The van der Waals surface area contributed by atoms with Gasteiger partial charge in [-0.3, -0.25) is 9.59 Å². The standard InChI is InChI=1S/C28H38N4O2S/c1-21-14-16-32(17-15-21)26-13-12-22(18-29-26)19-30-28(34)24-10-6-7-11-25(24)35-20-27(33)31(2)23-8-4-3-5-9-23/h6-7,10-13,18,21,23H,3-5,8-9,14-17,19-20H2,1-2H3,(H,30,34). The zero-order chi connectivity index (χ0) is 24.6. The Bertz CT molecular complexity index is 983. The SMILES string of the molecule is CC1CCN(c2ccc(CNC(=O)c3ccccc3SCC(=O)N(C)C3CCCCC3)cn2)CC1. The van der Waals surface area contributed by atoms with E-state index in [1.54, 1.807) is 0 Å². The van der Waals surface area contributed by atoms with Crippen LogP contribution in [0.5, 0.6) is 0 Å². The number of carbonyl (C=O) groups is 2. The first-order valence-corrected chi connectivity index (χ1v) is 14.0. The van der Waals surface area contributed by atoms with Gasteiger partial charge in [0.2, 0.25) is 5.91 Å². The van der Waals surface area contributed by atoms with Crippen molar-refractivity contribution in [2.24, 2.45) is 5.92 Å². The number of nitrogens with zero attached hydrogens (tertiary/aromatic N) is 3. The fraction of sp³-hybridized carbons (Fsp3) is 0.536. The maximum absolute atomic E-state index is 13.0. The molecule has 1 saturated heterocycles. The molecule has 2 aliphatic rings. The van der Waals surface area contributed by atoms with Crippen LogP contribution in [0.4, 0.5) is 5.82 Å². The third kappa shape index (κ3) is 7.00. The quantitative estimate of drug-likeness (QED) is 0.515. The zero-order valence-electron chi connectivity index (χ0n) is 21.0. The second-order valence-electron chi connectivity index (χ2n) is 9.96. The van der Waals surface area contributed by atoms with Gasteiger partial charge in [-0.2, -0.15) is 0 Å². The van der Waals surface area contributed by atoms with Gasteiger partial charge in [-0.1, -0.05) is 44.4 Å². The number of rotatable bonds is 8. The lowest BCUT2D eigenvalue weighted by molar-refractivity contribution is -0.129. The minimum absolute atomic E-state index is 0.129. The summed E-state index contributed by atoms with van der Waals surface area (Å²) < 4.78 is 0. The molecule has 1 saturated carbocycles. The number of amides is 2. The second kappa shape index (κ2) is 12.4. The van der Waals surface area contributed by atoms with Gasteiger partial charge in [0.05, 0.1) is 11.3 Å². The van der Waals surface area contributed by atoms with Crippen LogP contribution in [-0.4, -0.2) is 53.6 Å². The first-order valence-electron chi connectivity index (χ1n) is 13.0. The molecule has 1 aromatic carbocycles. The molecule has 188 valence electrons. The van der Waals surface area contributed by atoms with Crippen molar-refractivity contribution in [3.63, 3.8) is 0 Å². The first kappa shape index (κ1) is 25.5. The van der Waals surface area contributed by atoms with Crippen molar-refractivity contribution in [1.29, 1.82) is 0 Å². The summed E-state index contributed by atoms with van der Waals surface area (Å²) in [6, 6.07) is 12.0. The normalized spacial score (nSPS) is 17.3. The third-order valence-corrected chi connectivity index (χ3v) is 8.43. The van der Waals surface area contributed by atoms with Gasteiger partial charge >= 0.3 is 0 Å². The van der Waals surface area contributed by atoms with E-state index in [0.29, 0.717) is 23.9 Å². The van der Waals surface area contributed by atoms with E-state index in [0.717, 1.165) is 48.1 Å². The maximum atomic E-state index is 13.0. The fourth-order valence-electron chi connectivity index (χ4n) is 4.92. The van der Waals surface area contributed by atoms with E-state index in [2.05, 4.69) is 28.2 Å². The largest absolute Gasteiger partial charge is 0.357 e. The van der Waals surface area contributed by atoms with Crippen molar-refractivity contribution in [2.75, 3.05) is 30.8 Å². The number of carbonyl (C=O) groups excluding carboxylic acids is 2. The van der Waals surface area contributed by atoms with E-state index in [9.17, 15) is 9.59 Å². The van der Waals surface area contributed by atoms with Crippen LogP contribution in [0.3, 0.4) is 0 Å². The molecule has 2 heterocycles. The fourth-order valence-corrected chi connectivity index (χ4v) is 5.89. The highest BCUT2D eigenvalue weighted by atomic mass is 32.2. The number of thioether (sulfide) groups is 1. The molecule has 1 aliphatic carbocycles. The topological polar surface area (TPSA) is 65.5 Å². The molecule has 6 nitrogen and oxygen atoms in total. The number of nitrogens with one attached hydrogen (secondary N) is 1. The van der Waals surface area contributed by atoms with Gasteiger partial charge in [0.25, 0.3) is 5.91 Å². The summed E-state index contributed by atoms with van der Waals surface area (Å²) in [4.78, 5) is 35.4. The molecule has 7 heteroatoms. The predicted octanol–water partition coefficient (Wildman–Crippen LogP) is 5.13. The molecule has 2 fully saturated rings. The number of hydrogen-bond donors (Lipinski definition) is 1. The van der Waals surface area contributed by atoms with Crippen LogP contribution >= 0.6 is 11.8 Å². The van der Waals surface area contributed by atoms with Gasteiger partial charge in [0.1, 0.15) is 5.82 Å². The lowest BCUT2D eigenvalue weighted by atomic mass is 9.94. The van der Waals surface area contributed by atoms with E-state index in [-0.39, 0.29) is 11.8 Å². The lowest BCUT2D eigenvalue weighted by Gasteiger charge is -2.31. The average molecular weight is 495 g/mol. The zero-order valence-corrected chi connectivity index (χ0v) is 21.9. The summed E-state index contributed by atoms with van der Waals surface area (Å²) in [7, 11) is 1.92. The highest BCUT2D eigenvalue weighted by Crippen LogP contribution is 2.26. The van der Waals surface area contributed by atoms with Gasteiger partial charge in [0, 0.05) is 43.8 Å². The van der Waals surface area contributed by atoms with Crippen LogP contribution in [0, 0.1) is 5.92 Å². The van der Waals surface area contributed by atoms with Gasteiger partial charge in [-0.15, -0.1) is 11.8 Å². The van der Waals surface area contributed by atoms with Crippen LogP contribution in [-0.2, 0) is 11.3 Å². The average Bonchev–Trinajstić information content (AvgIpc) is 2.91. The van der Waals surface area contributed by atoms with E-state index >= 15 is 0 Å². The van der Waals surface area contributed by atoms with E-state index < -0.39 is 0 Å². The van der Waals surface area contributed by atoms with Crippen molar-refractivity contribution in [1.82, 2.24) is 15.2 Å². The Morgan fingerprint density at radius 1 is 1.06 bits per heavy atom. The van der Waals surface area contributed by atoms with Gasteiger partial charge < -0.3 is 15.1 Å². The Kier molecular flexibility index (Phi) is 9.07. The molecule has 0 bridgehead atoms. The van der Waals surface area contributed by atoms with Crippen LogP contribution in [0.1, 0.15) is 67.8 Å². The molecule has 0 spiro atoms. The molecular formula is C28H38N4O2S. The van der Waals surface area contributed by atoms with Gasteiger partial charge in [-0.25, -0.2) is 4.98 Å². The third-order valence-electron chi connectivity index (χ3n) is 7.37. The molecule has 1 aliphatic heterocycles. The second-order valence-corrected chi connectivity index (χ2v) is 11.0. The summed E-state index contributed by atoms with van der Waals surface area (Å²) >= 11 is 1.45. The summed E-state index contributed by atoms with van der Waals surface area (Å²) in [5.74, 6) is 2.15. The maximum Gasteiger partial charge on any atom is 0.252 e. The minimum Gasteiger partial charge on any atom is -0.357 e. The summed E-state index contributed by atoms with van der Waals surface area (Å²) in [5.41, 5.74) is 1.58. The summed E-state index contributed by atoms with van der Waals surface area (Å²) in [5, 5.41) is 3.02. The predicted molar refractivity (Wildman–Crippen MR) is 143 cm³/mol. The molecule has 0 atom stereocenters. The summed E-state index contributed by atoms with van der Waals surface area (Å²) in [6.07, 6.45) is 10.1. The first-order chi connectivity index (χ1) is 17.0. The Morgan fingerprint density at radius 3 is 2.51 bits per heavy atom. The molecule has 35 heavy (non-hydrogen) atoms. The van der Waals surface area contributed by atoms with Crippen molar-refractivity contribution in [3.05, 3.63) is 53.7 Å². The molecule has 1 aromatic heterocycles. The number of anilines is 1. The van der Waals surface area contributed by atoms with Crippen LogP contribution in [0.15, 0.2) is 47.5 Å². The van der Waals surface area contributed by atoms with Crippen LogP contribution in [0.2, 0.25) is 0 Å². The molecular weight excluding hydrogens is 456 g/mol. The van der Waals surface area contributed by atoms with Gasteiger partial charge in [0.15, 0.2) is 0 Å². The molecule has 4 rings (SSSR count). The smallest absolute Gasteiger partial charge is 0.252 e. The minimum atomic E-state index is -0.129. The van der Waals surface area contributed by atoms with E-state index in [1.807, 2.05) is 48.5 Å². The van der Waals surface area contributed by atoms with Crippen LogP contribution in [0.25, 0.3) is 0 Å². The molecule has 1 N–H and O–H groups in total. The molecule has 0 unspecified atom stereocenters. The number of pyridine rings is 1. The van der Waals surface area contributed by atoms with Crippen molar-refractivity contribution in [3.8, 4) is 0 Å². The van der Waals surface area contributed by atoms with Gasteiger partial charge in [-0.05, 0) is 55.4 Å². The number of piperidine rings is 1. The Balaban J connectivity index is 1.29. The summed E-state index contributed by atoms with van der Waals surface area (Å²) in [6.45, 7) is 4.84. The molecule has 2 aromatic rings. The number of hydrogen-bond acceptors (Lipinski definition) is 5. The highest BCUT2D eigenvalue weighted by Gasteiger charge is 2.22. The van der Waals surface area contributed by atoms with Crippen molar-refractivity contribution >= 4 is 29.4 Å². The Morgan fingerprint density at radius 2 is 1.80 bits per heavy atom. The highest BCUT2D eigenvalue weighted by molar-refractivity contribution is 8.00. The Labute approximate surface area is 213 Å².